The second-order valence-corrected chi connectivity index (χ2v) is 6.83. The van der Waals surface area contributed by atoms with Crippen LogP contribution in [0.2, 0.25) is 0 Å². The number of nitrogens with one attached hydrogen (secondary N) is 3. The smallest absolute Gasteiger partial charge is 0.229 e. The van der Waals surface area contributed by atoms with Crippen molar-refractivity contribution < 1.29 is 8.42 Å². The molecule has 0 radical (unpaired) electrons. The summed E-state index contributed by atoms with van der Waals surface area (Å²) in [5.74, 6) is 0. The third-order valence-electron chi connectivity index (χ3n) is 3.24. The predicted octanol–water partition coefficient (Wildman–Crippen LogP) is 1.53. The average molecular weight is 283 g/mol. The summed E-state index contributed by atoms with van der Waals surface area (Å²) in [5.41, 5.74) is 2.56. The van der Waals surface area contributed by atoms with Gasteiger partial charge in [0, 0.05) is 18.3 Å². The Labute approximate surface area is 114 Å². The molecule has 1 aromatic rings. The van der Waals surface area contributed by atoms with Crippen LogP contribution in [0.4, 0.5) is 11.4 Å². The number of rotatable bonds is 5. The molecule has 0 spiro atoms. The first kappa shape index (κ1) is 14.1. The van der Waals surface area contributed by atoms with E-state index >= 15 is 0 Å². The normalized spacial score (nSPS) is 19.4. The highest BCUT2D eigenvalue weighted by Crippen LogP contribution is 2.20. The zero-order valence-corrected chi connectivity index (χ0v) is 12.2. The van der Waals surface area contributed by atoms with Gasteiger partial charge in [-0.2, -0.15) is 0 Å². The third-order valence-corrected chi connectivity index (χ3v) is 3.83. The van der Waals surface area contributed by atoms with Crippen molar-refractivity contribution in [2.24, 2.45) is 0 Å². The Morgan fingerprint density at radius 2 is 2.21 bits per heavy atom. The summed E-state index contributed by atoms with van der Waals surface area (Å²) in [4.78, 5) is 0. The lowest BCUT2D eigenvalue weighted by Gasteiger charge is -2.14. The van der Waals surface area contributed by atoms with Crippen molar-refractivity contribution in [3.8, 4) is 0 Å². The van der Waals surface area contributed by atoms with Crippen molar-refractivity contribution in [2.75, 3.05) is 29.4 Å². The average Bonchev–Trinajstić information content (AvgIpc) is 2.81. The Bertz CT molecular complexity index is 537. The van der Waals surface area contributed by atoms with Gasteiger partial charge in [0.05, 0.1) is 11.9 Å². The van der Waals surface area contributed by atoms with Gasteiger partial charge in [0.1, 0.15) is 0 Å². The van der Waals surface area contributed by atoms with Crippen molar-refractivity contribution in [3.63, 3.8) is 0 Å². The van der Waals surface area contributed by atoms with Gasteiger partial charge in [-0.3, -0.25) is 4.72 Å². The van der Waals surface area contributed by atoms with Crippen molar-refractivity contribution in [2.45, 2.75) is 25.8 Å². The van der Waals surface area contributed by atoms with Crippen molar-refractivity contribution >= 4 is 21.4 Å². The van der Waals surface area contributed by atoms with E-state index in [1.165, 1.54) is 12.8 Å². The Morgan fingerprint density at radius 3 is 2.79 bits per heavy atom. The van der Waals surface area contributed by atoms with Gasteiger partial charge < -0.3 is 10.6 Å². The topological polar surface area (TPSA) is 70.2 Å². The molecule has 19 heavy (non-hydrogen) atoms. The number of benzene rings is 1. The molecular weight excluding hydrogens is 262 g/mol. The van der Waals surface area contributed by atoms with Crippen molar-refractivity contribution in [3.05, 3.63) is 23.8 Å². The highest BCUT2D eigenvalue weighted by molar-refractivity contribution is 7.92. The molecule has 5 nitrogen and oxygen atoms in total. The minimum atomic E-state index is -3.22. The maximum absolute atomic E-state index is 11.2. The first-order valence-corrected chi connectivity index (χ1v) is 8.39. The van der Waals surface area contributed by atoms with Crippen LogP contribution in [0, 0.1) is 6.92 Å². The monoisotopic (exact) mass is 283 g/mol. The van der Waals surface area contributed by atoms with Crippen LogP contribution in [-0.4, -0.2) is 33.8 Å². The maximum Gasteiger partial charge on any atom is 0.229 e. The largest absolute Gasteiger partial charge is 0.383 e. The molecule has 2 rings (SSSR count). The Balaban J connectivity index is 1.97. The molecule has 1 unspecified atom stereocenters. The molecule has 0 aliphatic carbocycles. The second-order valence-electron chi connectivity index (χ2n) is 5.08. The Hall–Kier alpha value is -1.27. The van der Waals surface area contributed by atoms with Gasteiger partial charge in [-0.15, -0.1) is 0 Å². The standard InChI is InChI=1S/C13H21N3O2S/c1-10-8-11(15-9-12-4-3-7-14-12)5-6-13(10)16-19(2,17)18/h5-6,8,12,14-16H,3-4,7,9H2,1-2H3. The number of anilines is 2. The zero-order chi connectivity index (χ0) is 13.9. The van der Waals surface area contributed by atoms with Gasteiger partial charge in [-0.25, -0.2) is 8.42 Å². The summed E-state index contributed by atoms with van der Waals surface area (Å²) in [6.45, 7) is 3.90. The summed E-state index contributed by atoms with van der Waals surface area (Å²) in [6, 6.07) is 6.19. The molecule has 3 N–H and O–H groups in total. The number of aryl methyl sites for hydroxylation is 1. The van der Waals surface area contributed by atoms with Crippen LogP contribution >= 0.6 is 0 Å². The molecule has 1 saturated heterocycles. The van der Waals surface area contributed by atoms with E-state index in [4.69, 9.17) is 0 Å². The van der Waals surface area contributed by atoms with E-state index in [1.54, 1.807) is 6.07 Å². The number of hydrogen-bond acceptors (Lipinski definition) is 4. The van der Waals surface area contributed by atoms with Crippen LogP contribution in [0.3, 0.4) is 0 Å². The molecular formula is C13H21N3O2S. The van der Waals surface area contributed by atoms with E-state index in [9.17, 15) is 8.42 Å². The predicted molar refractivity (Wildman–Crippen MR) is 79.2 cm³/mol. The van der Waals surface area contributed by atoms with E-state index in [0.717, 1.165) is 30.6 Å². The molecule has 1 aliphatic heterocycles. The second kappa shape index (κ2) is 5.79. The summed E-state index contributed by atoms with van der Waals surface area (Å²) in [6.07, 6.45) is 3.60. The highest BCUT2D eigenvalue weighted by atomic mass is 32.2. The van der Waals surface area contributed by atoms with Gasteiger partial charge in [0.15, 0.2) is 0 Å². The number of sulfonamides is 1. The summed E-state index contributed by atoms with van der Waals surface area (Å²) < 4.78 is 24.9. The summed E-state index contributed by atoms with van der Waals surface area (Å²) >= 11 is 0. The molecule has 1 heterocycles. The summed E-state index contributed by atoms with van der Waals surface area (Å²) in [7, 11) is -3.22. The molecule has 0 bridgehead atoms. The van der Waals surface area contributed by atoms with E-state index < -0.39 is 10.0 Å². The fourth-order valence-corrected chi connectivity index (χ4v) is 2.89. The molecule has 0 saturated carbocycles. The minimum Gasteiger partial charge on any atom is -0.383 e. The van der Waals surface area contributed by atoms with E-state index in [2.05, 4.69) is 15.4 Å². The fraction of sp³-hybridized carbons (Fsp3) is 0.538. The third kappa shape index (κ3) is 4.40. The molecule has 1 aliphatic rings. The SMILES string of the molecule is Cc1cc(NCC2CCCN2)ccc1NS(C)(=O)=O. The molecule has 106 valence electrons. The van der Waals surface area contributed by atoms with Crippen LogP contribution in [0.15, 0.2) is 18.2 Å². The molecule has 1 aromatic carbocycles. The van der Waals surface area contributed by atoms with Gasteiger partial charge in [-0.1, -0.05) is 0 Å². The minimum absolute atomic E-state index is 0.536. The molecule has 0 amide bonds. The van der Waals surface area contributed by atoms with E-state index in [-0.39, 0.29) is 0 Å². The van der Waals surface area contributed by atoms with Gasteiger partial charge in [-0.05, 0) is 50.1 Å². The van der Waals surface area contributed by atoms with Gasteiger partial charge in [0.2, 0.25) is 10.0 Å². The zero-order valence-electron chi connectivity index (χ0n) is 11.4. The van der Waals surface area contributed by atoms with Crippen molar-refractivity contribution in [1.82, 2.24) is 5.32 Å². The van der Waals surface area contributed by atoms with Crippen LogP contribution in [0.5, 0.6) is 0 Å². The Morgan fingerprint density at radius 1 is 1.42 bits per heavy atom. The lowest BCUT2D eigenvalue weighted by Crippen LogP contribution is -2.29. The van der Waals surface area contributed by atoms with E-state index in [1.807, 2.05) is 19.1 Å². The van der Waals surface area contributed by atoms with E-state index in [0.29, 0.717) is 11.7 Å². The number of hydrogen-bond donors (Lipinski definition) is 3. The first-order valence-electron chi connectivity index (χ1n) is 6.50. The quantitative estimate of drug-likeness (QED) is 0.766. The lowest BCUT2D eigenvalue weighted by molar-refractivity contribution is 0.607. The maximum atomic E-state index is 11.2. The first-order chi connectivity index (χ1) is 8.94. The van der Waals surface area contributed by atoms with Gasteiger partial charge in [0.25, 0.3) is 0 Å². The van der Waals surface area contributed by atoms with Crippen LogP contribution in [0.1, 0.15) is 18.4 Å². The Kier molecular flexibility index (Phi) is 4.31. The molecule has 0 aromatic heterocycles. The molecule has 1 atom stereocenters. The molecule has 6 heteroatoms. The van der Waals surface area contributed by atoms with Crippen LogP contribution < -0.4 is 15.4 Å². The summed E-state index contributed by atoms with van der Waals surface area (Å²) in [5, 5.41) is 6.81. The van der Waals surface area contributed by atoms with Crippen molar-refractivity contribution in [1.29, 1.82) is 0 Å². The highest BCUT2D eigenvalue weighted by Gasteiger charge is 2.13. The fourth-order valence-electron chi connectivity index (χ4n) is 2.26. The van der Waals surface area contributed by atoms with Gasteiger partial charge >= 0.3 is 0 Å². The molecule has 1 fully saturated rings. The lowest BCUT2D eigenvalue weighted by atomic mass is 10.1. The van der Waals surface area contributed by atoms with Crippen LogP contribution in [-0.2, 0) is 10.0 Å². The van der Waals surface area contributed by atoms with Crippen LogP contribution in [0.25, 0.3) is 0 Å².